The highest BCUT2D eigenvalue weighted by Gasteiger charge is 2.75. The quantitative estimate of drug-likeness (QED) is 0.0486. The Hall–Kier alpha value is -4.12. The summed E-state index contributed by atoms with van der Waals surface area (Å²) in [5.41, 5.74) is 21.3. The van der Waals surface area contributed by atoms with Gasteiger partial charge in [0.05, 0.1) is 12.2 Å². The highest BCUT2D eigenvalue weighted by Crippen LogP contribution is 2.80. The van der Waals surface area contributed by atoms with E-state index in [9.17, 15) is 20.1 Å². The molecule has 16 heteroatoms. The standard InChI is InChI=1S/C73H103N7O7S2/c1-46(81)86-68-30-18-49-37-52(61(84)62-60(49)50-19-32-71(87-62)28-9-13-53(71)38-50)43-80-45-69(41-59(80)83)54(16-17-57(69)47-11-3-2-4-12-47)42-78-65(76)79-73(29-10-27-67(73)25-7-8-26-67)89-88-44-55-15-14-51(56(21-31-68)58(82)40-68)39-70(55)35-34-66(23-5-6-24-66)72(70)33-20-48(63(72)85)22-36-77-64(74)75/h2-4,11-12,19,32,37,48,50-51,53-58,63,82,84-85H,5-10,13-18,20-31,33-36,38-45H2,1H3,(H4,74,75,77)(H3,76,78,79). The van der Waals surface area contributed by atoms with Crippen LogP contribution in [0.25, 0.3) is 0 Å². The molecule has 7 spiro atoms. The van der Waals surface area contributed by atoms with Crippen molar-refractivity contribution in [3.8, 4) is 11.5 Å². The molecule has 18 rings (SSSR count). The number of guanidine groups is 2. The molecule has 9 saturated carbocycles. The Morgan fingerprint density at radius 1 is 0.843 bits per heavy atom. The van der Waals surface area contributed by atoms with Gasteiger partial charge in [0, 0.05) is 90.9 Å². The number of fused-ring (bicyclic) bond motifs is 2. The van der Waals surface area contributed by atoms with Crippen molar-refractivity contribution in [3.05, 3.63) is 70.8 Å². The Bertz CT molecular complexity index is 3120. The molecule has 1 amide bonds. The van der Waals surface area contributed by atoms with Gasteiger partial charge in [-0.3, -0.25) is 19.6 Å². The maximum atomic E-state index is 15.1. The summed E-state index contributed by atoms with van der Waals surface area (Å²) < 4.78 is 13.9. The third-order valence-corrected chi connectivity index (χ3v) is 31.7. The van der Waals surface area contributed by atoms with Gasteiger partial charge in [0.1, 0.15) is 16.1 Å². The summed E-state index contributed by atoms with van der Waals surface area (Å²) in [5, 5.41) is 43.6. The summed E-state index contributed by atoms with van der Waals surface area (Å²) in [6, 6.07) is 13.0. The molecule has 2 aromatic carbocycles. The number of hydrogen-bond acceptors (Lipinski definition) is 13. The summed E-state index contributed by atoms with van der Waals surface area (Å²) in [7, 11) is 4.16. The first-order valence-electron chi connectivity index (χ1n) is 35.6. The predicted molar refractivity (Wildman–Crippen MR) is 353 cm³/mol. The molecule has 14 nitrogen and oxygen atoms in total. The number of phenols is 1. The number of aromatic hydroxyl groups is 1. The van der Waals surface area contributed by atoms with Crippen molar-refractivity contribution < 1.29 is 34.4 Å². The molecule has 6 aliphatic heterocycles. The van der Waals surface area contributed by atoms with Crippen LogP contribution in [0.1, 0.15) is 234 Å². The van der Waals surface area contributed by atoms with Crippen LogP contribution in [0.3, 0.4) is 0 Å². The zero-order valence-electron chi connectivity index (χ0n) is 53.2. The van der Waals surface area contributed by atoms with Crippen molar-refractivity contribution in [1.82, 2.24) is 10.2 Å². The summed E-state index contributed by atoms with van der Waals surface area (Å²) in [6.07, 6.45) is 33.8. The van der Waals surface area contributed by atoms with Gasteiger partial charge in [-0.1, -0.05) is 83.7 Å². The van der Waals surface area contributed by atoms with Crippen LogP contribution in [0, 0.1) is 62.6 Å². The minimum absolute atomic E-state index is 0.0346. The number of aryl methyl sites for hydroxylation is 1. The van der Waals surface area contributed by atoms with E-state index in [2.05, 4.69) is 80.4 Å². The van der Waals surface area contributed by atoms with E-state index >= 15 is 4.79 Å². The minimum Gasteiger partial charge on any atom is -0.504 e. The molecule has 16 atom stereocenters. The second-order valence-electron chi connectivity index (χ2n) is 31.9. The number of phenolic OH excluding ortho intramolecular Hbond substituents is 1. The second kappa shape index (κ2) is 23.1. The van der Waals surface area contributed by atoms with E-state index in [0.29, 0.717) is 80.8 Å². The molecule has 89 heavy (non-hydrogen) atoms. The van der Waals surface area contributed by atoms with Crippen LogP contribution in [-0.2, 0) is 27.3 Å². The van der Waals surface area contributed by atoms with E-state index in [1.165, 1.54) is 70.3 Å². The maximum Gasteiger partial charge on any atom is 0.303 e. The molecule has 10 fully saturated rings. The number of nitrogens with one attached hydrogen (secondary N) is 1. The zero-order valence-corrected chi connectivity index (χ0v) is 54.8. The van der Waals surface area contributed by atoms with E-state index < -0.39 is 28.8 Å². The van der Waals surface area contributed by atoms with Crippen LogP contribution in [0.2, 0.25) is 0 Å². The smallest absolute Gasteiger partial charge is 0.303 e. The number of ether oxygens (including phenoxy) is 2. The molecule has 10 aliphatic carbocycles. The predicted octanol–water partition coefficient (Wildman–Crippen LogP) is 12.6. The lowest BCUT2D eigenvalue weighted by Gasteiger charge is -2.61. The van der Waals surface area contributed by atoms with E-state index in [1.807, 2.05) is 4.90 Å². The molecular weight excluding hydrogens is 1150 g/mol. The highest BCUT2D eigenvalue weighted by atomic mass is 33.1. The van der Waals surface area contributed by atoms with Crippen LogP contribution in [0.5, 0.6) is 11.5 Å². The Labute approximate surface area is 537 Å². The number of aliphatic hydroxyl groups excluding tert-OH is 2. The second-order valence-corrected chi connectivity index (χ2v) is 34.5. The number of aliphatic hydroxyl groups is 2. The lowest BCUT2D eigenvalue weighted by atomic mass is 9.44. The van der Waals surface area contributed by atoms with Gasteiger partial charge in [0.15, 0.2) is 23.4 Å². The van der Waals surface area contributed by atoms with Crippen LogP contribution in [0.4, 0.5) is 0 Å². The van der Waals surface area contributed by atoms with Crippen molar-refractivity contribution >= 4 is 45.4 Å². The number of rotatable bonds is 5. The van der Waals surface area contributed by atoms with Crippen molar-refractivity contribution in [1.29, 1.82) is 0 Å². The Kier molecular flexibility index (Phi) is 15.9. The molecule has 16 aliphatic rings. The van der Waals surface area contributed by atoms with Crippen molar-refractivity contribution in [2.75, 3.05) is 25.4 Å². The van der Waals surface area contributed by atoms with E-state index in [4.69, 9.17) is 31.7 Å². The van der Waals surface area contributed by atoms with E-state index in [0.717, 1.165) is 126 Å². The molecule has 10 bridgehead atoms. The number of allylic oxidation sites excluding steroid dienone is 1. The zero-order chi connectivity index (χ0) is 61.2. The molecule has 6 heterocycles. The van der Waals surface area contributed by atoms with Crippen molar-refractivity contribution in [3.63, 3.8) is 0 Å². The van der Waals surface area contributed by atoms with Gasteiger partial charge < -0.3 is 52.2 Å². The van der Waals surface area contributed by atoms with Gasteiger partial charge in [-0.05, 0) is 230 Å². The number of aliphatic imine (C=N–C) groups is 2. The highest BCUT2D eigenvalue weighted by molar-refractivity contribution is 8.77. The lowest BCUT2D eigenvalue weighted by Crippen LogP contribution is -2.59. The third kappa shape index (κ3) is 9.77. The fourth-order valence-corrected chi connectivity index (χ4v) is 28.6. The summed E-state index contributed by atoms with van der Waals surface area (Å²) in [4.78, 5) is 40.3. The van der Waals surface area contributed by atoms with Gasteiger partial charge in [-0.15, -0.1) is 0 Å². The molecule has 0 radical (unpaired) electrons. The van der Waals surface area contributed by atoms with Gasteiger partial charge in [0.2, 0.25) is 5.91 Å². The number of hydrogen-bond donors (Lipinski definition) is 7. The number of carbonyl (C=O) groups is 2. The number of amides is 1. The van der Waals surface area contributed by atoms with Crippen molar-refractivity contribution in [2.24, 2.45) is 89.8 Å². The normalized spacial score (nSPS) is 41.9. The Balaban J connectivity index is 0.833. The summed E-state index contributed by atoms with van der Waals surface area (Å²) in [6.45, 7) is 3.39. The Morgan fingerprint density at radius 2 is 1.63 bits per heavy atom. The Morgan fingerprint density at radius 3 is 2.42 bits per heavy atom. The van der Waals surface area contributed by atoms with Gasteiger partial charge in [-0.25, -0.2) is 0 Å². The van der Waals surface area contributed by atoms with E-state index in [1.54, 1.807) is 0 Å². The summed E-state index contributed by atoms with van der Waals surface area (Å²) >= 11 is 0. The third-order valence-electron chi connectivity index (χ3n) is 28.4. The maximum absolute atomic E-state index is 15.1. The molecule has 0 aromatic heterocycles. The van der Waals surface area contributed by atoms with E-state index in [-0.39, 0.29) is 92.2 Å². The minimum atomic E-state index is -0.893. The first kappa shape index (κ1) is 61.1. The summed E-state index contributed by atoms with van der Waals surface area (Å²) in [5.74, 6) is 3.57. The number of nitrogens with zero attached hydrogens (tertiary/aromatic N) is 3. The SMILES string of the molecule is CC(=O)OC12CCc3cc(c(O)c4c3C3C=CC5(CCCC5C3)O4)CN3CC4(CC3=O)C(CCC4c3ccccc3)CN=C(N)NC3(CCCC34CCCC4)SSCC3CCC(CC34CCC3(CCCC3)C43CCC(CCN=C(N)N)C3O)C(CC1)C(O)C2. The average molecular weight is 1250 g/mol. The molecular formula is C73H103N7O7S2. The monoisotopic (exact) mass is 1250 g/mol. The molecule has 2 aromatic rings. The number of nitrogens with two attached hydrogens (primary N) is 3. The fraction of sp³-hybridized carbons (Fsp3) is 0.753. The number of carbonyl (C=O) groups excluding carboxylic acids is 2. The lowest BCUT2D eigenvalue weighted by molar-refractivity contribution is -0.178. The molecule has 10 N–H and O–H groups in total. The van der Waals surface area contributed by atoms with Gasteiger partial charge in [-0.2, -0.15) is 0 Å². The average Bonchev–Trinajstić information content (AvgIpc) is 1.52. The van der Waals surface area contributed by atoms with Crippen LogP contribution < -0.4 is 27.3 Å². The first-order valence-corrected chi connectivity index (χ1v) is 37.9. The number of esters is 1. The first-order chi connectivity index (χ1) is 43.0. The van der Waals surface area contributed by atoms with Gasteiger partial charge >= 0.3 is 5.97 Å². The number of benzene rings is 2. The molecule has 16 unspecified atom stereocenters. The van der Waals surface area contributed by atoms with Crippen LogP contribution in [-0.4, -0.2) is 97.7 Å². The fourth-order valence-electron chi connectivity index (χ4n) is 24.6. The topological polar surface area (TPSA) is 231 Å². The largest absolute Gasteiger partial charge is 0.504 e. The van der Waals surface area contributed by atoms with Crippen LogP contribution >= 0.6 is 21.6 Å². The van der Waals surface area contributed by atoms with Crippen LogP contribution in [0.15, 0.2) is 58.5 Å². The molecule has 1 saturated heterocycles. The van der Waals surface area contributed by atoms with Gasteiger partial charge in [0.25, 0.3) is 0 Å². The van der Waals surface area contributed by atoms with Crippen molar-refractivity contribution in [2.45, 2.75) is 253 Å². The molecule has 484 valence electrons.